The molecule has 16 heavy (non-hydrogen) atoms. The predicted molar refractivity (Wildman–Crippen MR) is 58.2 cm³/mol. The number of amides is 1. The fraction of sp³-hybridized carbons (Fsp3) is 0.333. The topological polar surface area (TPSA) is 52.9 Å². The molecule has 0 aliphatic carbocycles. The predicted octanol–water partition coefficient (Wildman–Crippen LogP) is 2.25. The van der Waals surface area contributed by atoms with Crippen LogP contribution in [0.15, 0.2) is 24.3 Å². The highest BCUT2D eigenvalue weighted by Gasteiger charge is 2.09. The molecule has 3 nitrogen and oxygen atoms in total. The molecule has 1 amide bonds. The molecule has 1 aromatic rings. The zero-order valence-corrected chi connectivity index (χ0v) is 8.87. The molecule has 0 aromatic heterocycles. The fourth-order valence-electron chi connectivity index (χ4n) is 1.27. The first-order chi connectivity index (χ1) is 7.75. The van der Waals surface area contributed by atoms with Gasteiger partial charge in [0.05, 0.1) is 11.6 Å². The molecule has 0 aliphatic heterocycles. The standard InChI is InChI=1S/C12H13FN2O/c13-11-7-3-2-6-10(11)12(16)15-9-5-1-4-8-14/h2-3,6-7H,1,4-5,9H2,(H,15,16). The maximum atomic E-state index is 13.2. The Hall–Kier alpha value is -1.89. The van der Waals surface area contributed by atoms with E-state index in [1.165, 1.54) is 12.1 Å². The van der Waals surface area contributed by atoms with Crippen LogP contribution in [0.2, 0.25) is 0 Å². The lowest BCUT2D eigenvalue weighted by Crippen LogP contribution is -2.25. The molecule has 0 fully saturated rings. The van der Waals surface area contributed by atoms with Crippen LogP contribution in [0.3, 0.4) is 0 Å². The minimum atomic E-state index is -0.517. The van der Waals surface area contributed by atoms with E-state index < -0.39 is 11.7 Å². The summed E-state index contributed by atoms with van der Waals surface area (Å²) in [6.07, 6.45) is 1.96. The van der Waals surface area contributed by atoms with Crippen LogP contribution in [-0.2, 0) is 0 Å². The third-order valence-corrected chi connectivity index (χ3v) is 2.12. The molecule has 0 atom stereocenters. The Balaban J connectivity index is 2.36. The van der Waals surface area contributed by atoms with Gasteiger partial charge in [0.25, 0.3) is 5.91 Å². The minimum Gasteiger partial charge on any atom is -0.352 e. The molecule has 1 rings (SSSR count). The largest absolute Gasteiger partial charge is 0.352 e. The highest BCUT2D eigenvalue weighted by Crippen LogP contribution is 2.05. The average Bonchev–Trinajstić information content (AvgIpc) is 2.29. The number of halogens is 1. The first-order valence-electron chi connectivity index (χ1n) is 5.15. The van der Waals surface area contributed by atoms with Gasteiger partial charge in [-0.05, 0) is 25.0 Å². The van der Waals surface area contributed by atoms with E-state index in [1.54, 1.807) is 12.1 Å². The number of nitrogens with zero attached hydrogens (tertiary/aromatic N) is 1. The lowest BCUT2D eigenvalue weighted by Gasteiger charge is -2.04. The van der Waals surface area contributed by atoms with Crippen LogP contribution in [0.5, 0.6) is 0 Å². The number of carbonyl (C=O) groups excluding carboxylic acids is 1. The Labute approximate surface area is 93.9 Å². The van der Waals surface area contributed by atoms with Crippen molar-refractivity contribution in [1.82, 2.24) is 5.32 Å². The molecule has 84 valence electrons. The zero-order chi connectivity index (χ0) is 11.8. The van der Waals surface area contributed by atoms with E-state index in [9.17, 15) is 9.18 Å². The van der Waals surface area contributed by atoms with Crippen molar-refractivity contribution in [3.63, 3.8) is 0 Å². The monoisotopic (exact) mass is 220 g/mol. The number of hydrogen-bond acceptors (Lipinski definition) is 2. The maximum Gasteiger partial charge on any atom is 0.254 e. The molecule has 0 saturated heterocycles. The third-order valence-electron chi connectivity index (χ3n) is 2.12. The highest BCUT2D eigenvalue weighted by atomic mass is 19.1. The lowest BCUT2D eigenvalue weighted by atomic mass is 10.2. The Morgan fingerprint density at radius 1 is 1.38 bits per heavy atom. The summed E-state index contributed by atoms with van der Waals surface area (Å²) in [5, 5.41) is 10.9. The highest BCUT2D eigenvalue weighted by molar-refractivity contribution is 5.94. The van der Waals surface area contributed by atoms with Gasteiger partial charge in [-0.25, -0.2) is 4.39 Å². The first-order valence-corrected chi connectivity index (χ1v) is 5.15. The van der Waals surface area contributed by atoms with Gasteiger partial charge < -0.3 is 5.32 Å². The van der Waals surface area contributed by atoms with E-state index in [2.05, 4.69) is 5.32 Å². The molecule has 4 heteroatoms. The Kier molecular flexibility index (Phi) is 5.00. The van der Waals surface area contributed by atoms with Crippen molar-refractivity contribution in [3.8, 4) is 6.07 Å². The Morgan fingerprint density at radius 3 is 2.81 bits per heavy atom. The van der Waals surface area contributed by atoms with Crippen molar-refractivity contribution in [3.05, 3.63) is 35.6 Å². The van der Waals surface area contributed by atoms with E-state index in [4.69, 9.17) is 5.26 Å². The van der Waals surface area contributed by atoms with Gasteiger partial charge in [0, 0.05) is 13.0 Å². The summed E-state index contributed by atoms with van der Waals surface area (Å²) in [6.45, 7) is 0.467. The zero-order valence-electron chi connectivity index (χ0n) is 8.87. The van der Waals surface area contributed by atoms with Crippen LogP contribution < -0.4 is 5.32 Å². The molecule has 0 unspecified atom stereocenters. The van der Waals surface area contributed by atoms with Crippen molar-refractivity contribution < 1.29 is 9.18 Å². The van der Waals surface area contributed by atoms with Crippen LogP contribution in [0.25, 0.3) is 0 Å². The lowest BCUT2D eigenvalue weighted by molar-refractivity contribution is 0.0949. The van der Waals surface area contributed by atoms with Gasteiger partial charge in [-0.1, -0.05) is 12.1 Å². The number of nitrogens with one attached hydrogen (secondary N) is 1. The number of rotatable bonds is 5. The second-order valence-corrected chi connectivity index (χ2v) is 3.35. The molecule has 0 heterocycles. The summed E-state index contributed by atoms with van der Waals surface area (Å²) < 4.78 is 13.2. The normalized spacial score (nSPS) is 9.50. The number of carbonyl (C=O) groups is 1. The molecular weight excluding hydrogens is 207 g/mol. The molecule has 1 aromatic carbocycles. The van der Waals surface area contributed by atoms with Gasteiger partial charge in [-0.2, -0.15) is 5.26 Å². The summed E-state index contributed by atoms with van der Waals surface area (Å²) in [4.78, 5) is 11.5. The fourth-order valence-corrected chi connectivity index (χ4v) is 1.27. The van der Waals surface area contributed by atoms with E-state index in [0.29, 0.717) is 13.0 Å². The molecule has 0 aliphatic rings. The number of benzene rings is 1. The quantitative estimate of drug-likeness (QED) is 0.774. The summed E-state index contributed by atoms with van der Waals surface area (Å²) in [5.74, 6) is -0.924. The van der Waals surface area contributed by atoms with Gasteiger partial charge in [-0.15, -0.1) is 0 Å². The Morgan fingerprint density at radius 2 is 2.12 bits per heavy atom. The first kappa shape index (κ1) is 12.2. The molecule has 1 N–H and O–H groups in total. The third kappa shape index (κ3) is 3.70. The molecule has 0 saturated carbocycles. The maximum absolute atomic E-state index is 13.2. The van der Waals surface area contributed by atoms with Gasteiger partial charge in [-0.3, -0.25) is 4.79 Å². The molecule has 0 spiro atoms. The Bertz CT molecular complexity index is 398. The van der Waals surface area contributed by atoms with Crippen molar-refractivity contribution in [1.29, 1.82) is 5.26 Å². The summed E-state index contributed by atoms with van der Waals surface area (Å²) in [5.41, 5.74) is 0.0581. The minimum absolute atomic E-state index is 0.0581. The van der Waals surface area contributed by atoms with Crippen molar-refractivity contribution in [2.24, 2.45) is 0 Å². The number of nitriles is 1. The second-order valence-electron chi connectivity index (χ2n) is 3.35. The van der Waals surface area contributed by atoms with Crippen LogP contribution in [0.4, 0.5) is 4.39 Å². The van der Waals surface area contributed by atoms with E-state index in [0.717, 1.165) is 12.8 Å². The van der Waals surface area contributed by atoms with E-state index in [-0.39, 0.29) is 5.56 Å². The molecule has 0 bridgehead atoms. The van der Waals surface area contributed by atoms with Gasteiger partial charge in [0.1, 0.15) is 5.82 Å². The van der Waals surface area contributed by atoms with Crippen molar-refractivity contribution in [2.45, 2.75) is 19.3 Å². The van der Waals surface area contributed by atoms with Crippen LogP contribution in [0, 0.1) is 17.1 Å². The summed E-state index contributed by atoms with van der Waals surface area (Å²) >= 11 is 0. The summed E-state index contributed by atoms with van der Waals surface area (Å²) in [7, 11) is 0. The van der Waals surface area contributed by atoms with Crippen LogP contribution >= 0.6 is 0 Å². The molecular formula is C12H13FN2O. The van der Waals surface area contributed by atoms with Crippen molar-refractivity contribution >= 4 is 5.91 Å². The van der Waals surface area contributed by atoms with Gasteiger partial charge in [0.15, 0.2) is 0 Å². The number of hydrogen-bond donors (Lipinski definition) is 1. The molecule has 0 radical (unpaired) electrons. The second kappa shape index (κ2) is 6.57. The number of unbranched alkanes of at least 4 members (excludes halogenated alkanes) is 2. The smallest absolute Gasteiger partial charge is 0.254 e. The SMILES string of the molecule is N#CCCCCNC(=O)c1ccccc1F. The van der Waals surface area contributed by atoms with Crippen molar-refractivity contribution in [2.75, 3.05) is 6.54 Å². The van der Waals surface area contributed by atoms with Crippen LogP contribution in [0.1, 0.15) is 29.6 Å². The van der Waals surface area contributed by atoms with E-state index in [1.807, 2.05) is 6.07 Å². The van der Waals surface area contributed by atoms with E-state index >= 15 is 0 Å². The average molecular weight is 220 g/mol. The summed E-state index contributed by atoms with van der Waals surface area (Å²) in [6, 6.07) is 7.88. The van der Waals surface area contributed by atoms with Crippen LogP contribution in [-0.4, -0.2) is 12.5 Å². The van der Waals surface area contributed by atoms with Gasteiger partial charge in [0.2, 0.25) is 0 Å². The van der Waals surface area contributed by atoms with Gasteiger partial charge >= 0.3 is 0 Å².